The van der Waals surface area contributed by atoms with Crippen LogP contribution in [0.4, 0.5) is 8.78 Å². The fourth-order valence-corrected chi connectivity index (χ4v) is 4.64. The third-order valence-electron chi connectivity index (χ3n) is 6.87. The predicted molar refractivity (Wildman–Crippen MR) is 138 cm³/mol. The van der Waals surface area contributed by atoms with E-state index >= 15 is 0 Å². The number of allylic oxidation sites excluding steroid dienone is 1. The van der Waals surface area contributed by atoms with Crippen LogP contribution in [-0.4, -0.2) is 60.5 Å². The molecule has 0 saturated carbocycles. The summed E-state index contributed by atoms with van der Waals surface area (Å²) >= 11 is 0. The van der Waals surface area contributed by atoms with E-state index in [2.05, 4.69) is 34.0 Å². The maximum absolute atomic E-state index is 15.0. The number of nitrogens with one attached hydrogen (secondary N) is 3. The molecule has 7 nitrogen and oxygen atoms in total. The van der Waals surface area contributed by atoms with Gasteiger partial charge >= 0.3 is 0 Å². The molecule has 0 bridgehead atoms. The van der Waals surface area contributed by atoms with Gasteiger partial charge in [0.15, 0.2) is 23.1 Å². The lowest BCUT2D eigenvalue weighted by Crippen LogP contribution is -2.43. The minimum atomic E-state index is -0.762. The molecule has 3 N–H and O–H groups in total. The van der Waals surface area contributed by atoms with E-state index in [4.69, 9.17) is 14.9 Å². The van der Waals surface area contributed by atoms with Crippen LogP contribution >= 0.6 is 0 Å². The van der Waals surface area contributed by atoms with Gasteiger partial charge in [-0.25, -0.2) is 13.8 Å². The van der Waals surface area contributed by atoms with Crippen LogP contribution in [-0.2, 0) is 6.42 Å². The first kappa shape index (κ1) is 25.6. The summed E-state index contributed by atoms with van der Waals surface area (Å²) in [5, 5.41) is 12.1. The van der Waals surface area contributed by atoms with Gasteiger partial charge in [0.2, 0.25) is 0 Å². The molecule has 1 aliphatic rings. The molecule has 0 radical (unpaired) electrons. The van der Waals surface area contributed by atoms with E-state index in [-0.39, 0.29) is 23.5 Å². The molecule has 0 unspecified atom stereocenters. The maximum Gasteiger partial charge on any atom is 0.171 e. The molecule has 36 heavy (non-hydrogen) atoms. The average Bonchev–Trinajstić information content (AvgIpc) is 3.29. The molecule has 1 aromatic carbocycles. The number of aromatic nitrogens is 2. The van der Waals surface area contributed by atoms with Gasteiger partial charge in [0.1, 0.15) is 5.65 Å². The highest BCUT2D eigenvalue weighted by atomic mass is 19.1. The molecule has 1 aliphatic heterocycles. The first-order chi connectivity index (χ1) is 17.4. The number of pyridine rings is 1. The molecule has 192 valence electrons. The Kier molecular flexibility index (Phi) is 7.88. The van der Waals surface area contributed by atoms with Gasteiger partial charge in [-0.15, -0.1) is 0 Å². The van der Waals surface area contributed by atoms with Crippen LogP contribution in [0.25, 0.3) is 16.6 Å². The lowest BCUT2D eigenvalue weighted by atomic mass is 10.0. The Bertz CT molecular complexity index is 1230. The molecule has 0 atom stereocenters. The van der Waals surface area contributed by atoms with Crippen molar-refractivity contribution in [2.45, 2.75) is 45.2 Å². The van der Waals surface area contributed by atoms with Crippen molar-refractivity contribution in [3.05, 3.63) is 59.1 Å². The van der Waals surface area contributed by atoms with Crippen molar-refractivity contribution < 1.29 is 18.3 Å². The maximum atomic E-state index is 15.0. The Balaban J connectivity index is 1.59. The second-order valence-electron chi connectivity index (χ2n) is 9.31. The Morgan fingerprint density at radius 3 is 2.44 bits per heavy atom. The number of methoxy groups -OCH3 is 2. The van der Waals surface area contributed by atoms with Gasteiger partial charge in [-0.1, -0.05) is 0 Å². The molecule has 0 aliphatic carbocycles. The highest BCUT2D eigenvalue weighted by molar-refractivity contribution is 6.09. The summed E-state index contributed by atoms with van der Waals surface area (Å²) in [6.45, 7) is 6.52. The Hall–Kier alpha value is -3.46. The molecule has 9 heteroatoms. The van der Waals surface area contributed by atoms with Crippen molar-refractivity contribution in [1.29, 1.82) is 5.41 Å². The molecule has 1 saturated heterocycles. The number of aromatic amines is 1. The van der Waals surface area contributed by atoms with Crippen LogP contribution in [0.5, 0.6) is 11.5 Å². The zero-order chi connectivity index (χ0) is 25.8. The molecule has 0 amide bonds. The summed E-state index contributed by atoms with van der Waals surface area (Å²) in [6, 6.07) is 3.99. The van der Waals surface area contributed by atoms with Gasteiger partial charge in [-0.3, -0.25) is 0 Å². The van der Waals surface area contributed by atoms with Gasteiger partial charge in [-0.05, 0) is 38.3 Å². The highest BCUT2D eigenvalue weighted by Crippen LogP contribution is 2.34. The zero-order valence-electron chi connectivity index (χ0n) is 21.1. The van der Waals surface area contributed by atoms with Gasteiger partial charge in [0, 0.05) is 84.6 Å². The van der Waals surface area contributed by atoms with E-state index in [1.807, 2.05) is 12.3 Å². The summed E-state index contributed by atoms with van der Waals surface area (Å²) < 4.78 is 40.0. The largest absolute Gasteiger partial charge is 0.494 e. The molecule has 4 rings (SSSR count). The standard InChI is InChI=1S/C27H33F2N5O2/c1-16(2)34-7-5-20(6-8-34)31-15-19(12-30)17-9-21-18(14-33-27(21)32-13-17)10-22-25(28)23(35-3)11-24(36-4)26(22)29/h9,11-16,20,30-31H,5-8,10H2,1-4H3,(H,32,33)/b19-15+,30-12?. The number of nitrogens with zero attached hydrogens (tertiary/aromatic N) is 2. The van der Waals surface area contributed by atoms with Crippen LogP contribution in [0.2, 0.25) is 0 Å². The van der Waals surface area contributed by atoms with E-state index in [1.54, 1.807) is 12.4 Å². The quantitative estimate of drug-likeness (QED) is 0.366. The van der Waals surface area contributed by atoms with Gasteiger partial charge in [0.25, 0.3) is 0 Å². The molecule has 2 aromatic heterocycles. The summed E-state index contributed by atoms with van der Waals surface area (Å²) in [6.07, 6.45) is 8.61. The first-order valence-corrected chi connectivity index (χ1v) is 12.1. The Labute approximate surface area is 210 Å². The highest BCUT2D eigenvalue weighted by Gasteiger charge is 2.22. The van der Waals surface area contributed by atoms with Crippen molar-refractivity contribution in [1.82, 2.24) is 20.2 Å². The van der Waals surface area contributed by atoms with Crippen molar-refractivity contribution >= 4 is 22.8 Å². The van der Waals surface area contributed by atoms with Crippen LogP contribution in [0.15, 0.2) is 30.7 Å². The van der Waals surface area contributed by atoms with E-state index in [0.717, 1.165) is 36.9 Å². The van der Waals surface area contributed by atoms with E-state index < -0.39 is 11.6 Å². The van der Waals surface area contributed by atoms with Gasteiger partial charge in [0.05, 0.1) is 14.2 Å². The smallest absolute Gasteiger partial charge is 0.171 e. The van der Waals surface area contributed by atoms with Gasteiger partial charge in [-0.2, -0.15) is 0 Å². The zero-order valence-corrected chi connectivity index (χ0v) is 21.1. The summed E-state index contributed by atoms with van der Waals surface area (Å²) in [4.78, 5) is 10.0. The minimum Gasteiger partial charge on any atom is -0.494 e. The fraction of sp³-hybridized carbons (Fsp3) is 0.407. The third-order valence-corrected chi connectivity index (χ3v) is 6.87. The van der Waals surface area contributed by atoms with Gasteiger partial charge < -0.3 is 30.1 Å². The SMILES string of the molecule is COc1cc(OC)c(F)c(Cc2c[nH]c3ncc(/C(C=N)=C/NC4CCN(C(C)C)CC4)cc23)c1F. The summed E-state index contributed by atoms with van der Waals surface area (Å²) in [7, 11) is 2.66. The molecular weight excluding hydrogens is 464 g/mol. The van der Waals surface area contributed by atoms with Crippen molar-refractivity contribution in [2.24, 2.45) is 0 Å². The van der Waals surface area contributed by atoms with E-state index in [1.165, 1.54) is 26.5 Å². The number of piperidine rings is 1. The lowest BCUT2D eigenvalue weighted by molar-refractivity contribution is 0.166. The fourth-order valence-electron chi connectivity index (χ4n) is 4.64. The van der Waals surface area contributed by atoms with Crippen molar-refractivity contribution in [2.75, 3.05) is 27.3 Å². The molecule has 3 aromatic rings. The average molecular weight is 498 g/mol. The second kappa shape index (κ2) is 11.1. The Morgan fingerprint density at radius 1 is 1.19 bits per heavy atom. The number of rotatable bonds is 9. The number of H-pyrrole nitrogens is 1. The lowest BCUT2D eigenvalue weighted by Gasteiger charge is -2.34. The minimum absolute atomic E-state index is 0.0212. The van der Waals surface area contributed by atoms with Crippen molar-refractivity contribution in [3.63, 3.8) is 0 Å². The number of hydrogen-bond acceptors (Lipinski definition) is 6. The second-order valence-corrected chi connectivity index (χ2v) is 9.31. The first-order valence-electron chi connectivity index (χ1n) is 12.1. The number of hydrogen-bond donors (Lipinski definition) is 3. The topological polar surface area (TPSA) is 86.3 Å². The monoisotopic (exact) mass is 497 g/mol. The number of ether oxygens (including phenoxy) is 2. The number of halogens is 2. The molecular formula is C27H33F2N5O2. The van der Waals surface area contributed by atoms with Crippen LogP contribution in [0, 0.1) is 17.0 Å². The third kappa shape index (κ3) is 5.21. The molecule has 3 heterocycles. The number of fused-ring (bicyclic) bond motifs is 1. The predicted octanol–water partition coefficient (Wildman–Crippen LogP) is 4.90. The number of benzene rings is 1. The van der Waals surface area contributed by atoms with Crippen molar-refractivity contribution in [3.8, 4) is 11.5 Å². The normalized spacial score (nSPS) is 15.5. The van der Waals surface area contributed by atoms with E-state index in [9.17, 15) is 8.78 Å². The Morgan fingerprint density at radius 2 is 1.86 bits per heavy atom. The molecule has 0 spiro atoms. The van der Waals surface area contributed by atoms with Crippen LogP contribution in [0.1, 0.15) is 43.4 Å². The molecule has 1 fully saturated rings. The number of likely N-dealkylation sites (tertiary alicyclic amines) is 1. The van der Waals surface area contributed by atoms with Crippen LogP contribution < -0.4 is 14.8 Å². The van der Waals surface area contributed by atoms with Crippen LogP contribution in [0.3, 0.4) is 0 Å². The van der Waals surface area contributed by atoms with E-state index in [0.29, 0.717) is 28.9 Å². The summed E-state index contributed by atoms with van der Waals surface area (Å²) in [5.74, 6) is -1.69. The summed E-state index contributed by atoms with van der Waals surface area (Å²) in [5.41, 5.74) is 2.56.